The third-order valence-corrected chi connectivity index (χ3v) is 2.72. The third-order valence-electron chi connectivity index (χ3n) is 1.69. The number of alkyl halides is 2. The van der Waals surface area contributed by atoms with Crippen molar-refractivity contribution in [2.45, 2.75) is 19.8 Å². The lowest BCUT2D eigenvalue weighted by atomic mass is 10.1. The second kappa shape index (κ2) is 4.45. The number of hydrogen-bond acceptors (Lipinski definition) is 3. The topological polar surface area (TPSA) is 50.2 Å². The lowest BCUT2D eigenvalue weighted by molar-refractivity contribution is -0.141. The first-order chi connectivity index (χ1) is 6.50. The fourth-order valence-electron chi connectivity index (χ4n) is 0.869. The number of hydrogen-bond donors (Lipinski definition) is 1. The van der Waals surface area contributed by atoms with Crippen molar-refractivity contribution >= 4 is 17.3 Å². The Labute approximate surface area is 83.4 Å². The molecule has 1 aromatic rings. The van der Waals surface area contributed by atoms with Crippen LogP contribution in [-0.2, 0) is 11.2 Å². The highest BCUT2D eigenvalue weighted by Gasteiger charge is 2.16. The van der Waals surface area contributed by atoms with E-state index in [9.17, 15) is 13.6 Å². The van der Waals surface area contributed by atoms with Crippen LogP contribution in [0.15, 0.2) is 6.20 Å². The molecule has 1 unspecified atom stereocenters. The van der Waals surface area contributed by atoms with E-state index in [-0.39, 0.29) is 11.3 Å². The summed E-state index contributed by atoms with van der Waals surface area (Å²) >= 11 is 0.862. The highest BCUT2D eigenvalue weighted by atomic mass is 32.1. The summed E-state index contributed by atoms with van der Waals surface area (Å²) in [5.74, 6) is -1.54. The van der Waals surface area contributed by atoms with Gasteiger partial charge in [-0.15, -0.1) is 11.3 Å². The minimum absolute atomic E-state index is 0.113. The fraction of sp³-hybridized carbons (Fsp3) is 0.500. The van der Waals surface area contributed by atoms with Gasteiger partial charge in [-0.1, -0.05) is 6.92 Å². The van der Waals surface area contributed by atoms with Crippen molar-refractivity contribution in [3.05, 3.63) is 16.1 Å². The molecule has 0 radical (unpaired) electrons. The monoisotopic (exact) mass is 221 g/mol. The van der Waals surface area contributed by atoms with Gasteiger partial charge in [0.25, 0.3) is 6.43 Å². The molecule has 1 heterocycles. The van der Waals surface area contributed by atoms with E-state index in [2.05, 4.69) is 4.98 Å². The van der Waals surface area contributed by atoms with Crippen LogP contribution in [0.2, 0.25) is 0 Å². The number of carboxylic acid groups (broad SMARTS) is 1. The standard InChI is InChI=1S/C8H9F2NO2S/c1-4(8(12)13)2-6-11-3-5(14-6)7(9)10/h3-4,7H,2H2,1H3,(H,12,13). The average Bonchev–Trinajstić information content (AvgIpc) is 2.52. The van der Waals surface area contributed by atoms with Crippen LogP contribution in [-0.4, -0.2) is 16.1 Å². The molecule has 0 aliphatic rings. The van der Waals surface area contributed by atoms with E-state index >= 15 is 0 Å². The predicted molar refractivity (Wildman–Crippen MR) is 47.6 cm³/mol. The van der Waals surface area contributed by atoms with Crippen molar-refractivity contribution in [3.8, 4) is 0 Å². The molecule has 0 amide bonds. The van der Waals surface area contributed by atoms with Crippen LogP contribution in [0.5, 0.6) is 0 Å². The van der Waals surface area contributed by atoms with Gasteiger partial charge < -0.3 is 5.11 Å². The normalized spacial score (nSPS) is 13.1. The number of thiazole rings is 1. The third kappa shape index (κ3) is 2.73. The van der Waals surface area contributed by atoms with Crippen molar-refractivity contribution in [1.82, 2.24) is 4.98 Å². The smallest absolute Gasteiger partial charge is 0.306 e. The van der Waals surface area contributed by atoms with Crippen LogP contribution in [0.3, 0.4) is 0 Å². The highest BCUT2D eigenvalue weighted by Crippen LogP contribution is 2.26. The van der Waals surface area contributed by atoms with Crippen LogP contribution in [0.25, 0.3) is 0 Å². The number of nitrogens with zero attached hydrogens (tertiary/aromatic N) is 1. The van der Waals surface area contributed by atoms with Crippen LogP contribution in [0, 0.1) is 5.92 Å². The molecule has 0 saturated heterocycles. The highest BCUT2D eigenvalue weighted by molar-refractivity contribution is 7.11. The van der Waals surface area contributed by atoms with Gasteiger partial charge in [-0.05, 0) is 0 Å². The van der Waals surface area contributed by atoms with Gasteiger partial charge in [-0.2, -0.15) is 0 Å². The quantitative estimate of drug-likeness (QED) is 0.849. The van der Waals surface area contributed by atoms with Gasteiger partial charge >= 0.3 is 5.97 Å². The lowest BCUT2D eigenvalue weighted by Gasteiger charge is -2.01. The molecular formula is C8H9F2NO2S. The van der Waals surface area contributed by atoms with Gasteiger partial charge in [0.15, 0.2) is 0 Å². The summed E-state index contributed by atoms with van der Waals surface area (Å²) < 4.78 is 24.3. The van der Waals surface area contributed by atoms with Crippen molar-refractivity contribution in [2.75, 3.05) is 0 Å². The Morgan fingerprint density at radius 2 is 2.36 bits per heavy atom. The molecule has 0 aliphatic heterocycles. The lowest BCUT2D eigenvalue weighted by Crippen LogP contribution is -2.11. The van der Waals surface area contributed by atoms with E-state index in [4.69, 9.17) is 5.11 Å². The van der Waals surface area contributed by atoms with Gasteiger partial charge in [0.05, 0.1) is 15.8 Å². The molecule has 0 bridgehead atoms. The second-order valence-corrected chi connectivity index (χ2v) is 4.05. The number of aliphatic carboxylic acids is 1. The molecule has 0 spiro atoms. The molecule has 1 rings (SSSR count). The van der Waals surface area contributed by atoms with Gasteiger partial charge in [0.2, 0.25) is 0 Å². The molecule has 78 valence electrons. The molecule has 14 heavy (non-hydrogen) atoms. The molecule has 3 nitrogen and oxygen atoms in total. The van der Waals surface area contributed by atoms with E-state index in [1.807, 2.05) is 0 Å². The molecule has 1 atom stereocenters. The molecule has 6 heteroatoms. The van der Waals surface area contributed by atoms with E-state index in [0.717, 1.165) is 17.5 Å². The van der Waals surface area contributed by atoms with Crippen LogP contribution in [0.4, 0.5) is 8.78 Å². The minimum Gasteiger partial charge on any atom is -0.481 e. The molecule has 0 fully saturated rings. The first-order valence-corrected chi connectivity index (χ1v) is 4.78. The Hall–Kier alpha value is -1.04. The fourth-order valence-corrected chi connectivity index (χ4v) is 1.77. The maximum Gasteiger partial charge on any atom is 0.306 e. The Bertz CT molecular complexity index is 327. The molecular weight excluding hydrogens is 212 g/mol. The van der Waals surface area contributed by atoms with Crippen molar-refractivity contribution in [3.63, 3.8) is 0 Å². The summed E-state index contributed by atoms with van der Waals surface area (Å²) in [5, 5.41) is 9.03. The SMILES string of the molecule is CC(Cc1ncc(C(F)F)s1)C(=O)O. The van der Waals surface area contributed by atoms with Crippen molar-refractivity contribution in [1.29, 1.82) is 0 Å². The molecule has 0 saturated carbocycles. The Balaban J connectivity index is 2.64. The number of carbonyl (C=O) groups is 1. The average molecular weight is 221 g/mol. The zero-order valence-corrected chi connectivity index (χ0v) is 8.22. The van der Waals surface area contributed by atoms with Gasteiger partial charge in [0.1, 0.15) is 0 Å². The number of halogens is 2. The zero-order valence-electron chi connectivity index (χ0n) is 7.41. The maximum atomic E-state index is 12.1. The van der Waals surface area contributed by atoms with Gasteiger partial charge in [-0.25, -0.2) is 13.8 Å². The van der Waals surface area contributed by atoms with E-state index in [1.54, 1.807) is 0 Å². The largest absolute Gasteiger partial charge is 0.481 e. The molecule has 1 N–H and O–H groups in total. The Morgan fingerprint density at radius 1 is 1.71 bits per heavy atom. The second-order valence-electron chi connectivity index (χ2n) is 2.90. The summed E-state index contributed by atoms with van der Waals surface area (Å²) in [6.07, 6.45) is -1.23. The summed E-state index contributed by atoms with van der Waals surface area (Å²) in [5.41, 5.74) is 0. The number of carboxylic acids is 1. The first-order valence-electron chi connectivity index (χ1n) is 3.96. The number of rotatable bonds is 4. The van der Waals surface area contributed by atoms with Crippen molar-refractivity contribution in [2.24, 2.45) is 5.92 Å². The summed E-state index contributed by atoms with van der Waals surface area (Å²) in [7, 11) is 0. The zero-order chi connectivity index (χ0) is 10.7. The van der Waals surface area contributed by atoms with Crippen LogP contribution < -0.4 is 0 Å². The summed E-state index contributed by atoms with van der Waals surface area (Å²) in [4.78, 5) is 14.1. The molecule has 1 aromatic heterocycles. The van der Waals surface area contributed by atoms with Crippen LogP contribution in [0.1, 0.15) is 23.2 Å². The number of aromatic nitrogens is 1. The first kappa shape index (κ1) is 11.0. The molecule has 0 aromatic carbocycles. The predicted octanol–water partition coefficient (Wildman–Crippen LogP) is 2.34. The Morgan fingerprint density at radius 3 is 2.79 bits per heavy atom. The minimum atomic E-state index is -2.53. The summed E-state index contributed by atoms with van der Waals surface area (Å²) in [6, 6.07) is 0. The van der Waals surface area contributed by atoms with Crippen LogP contribution >= 0.6 is 11.3 Å². The maximum absolute atomic E-state index is 12.1. The molecule has 0 aliphatic carbocycles. The van der Waals surface area contributed by atoms with Crippen molar-refractivity contribution < 1.29 is 18.7 Å². The summed E-state index contributed by atoms with van der Waals surface area (Å²) in [6.45, 7) is 1.52. The van der Waals surface area contributed by atoms with Gasteiger partial charge in [-0.3, -0.25) is 4.79 Å². The van der Waals surface area contributed by atoms with E-state index in [1.165, 1.54) is 6.92 Å². The Kier molecular flexibility index (Phi) is 3.51. The van der Waals surface area contributed by atoms with E-state index < -0.39 is 18.3 Å². The van der Waals surface area contributed by atoms with Gasteiger partial charge in [0, 0.05) is 12.6 Å². The van der Waals surface area contributed by atoms with E-state index in [0.29, 0.717) is 5.01 Å².